The number of para-hydroxylation sites is 1. The van der Waals surface area contributed by atoms with E-state index < -0.39 is 0 Å². The Kier molecular flexibility index (Phi) is 8.87. The molecular formula is C28H38N2O4S. The van der Waals surface area contributed by atoms with Gasteiger partial charge in [-0.25, -0.2) is 0 Å². The monoisotopic (exact) mass is 498 g/mol. The molecule has 1 fully saturated rings. The Morgan fingerprint density at radius 2 is 1.74 bits per heavy atom. The molecule has 0 bridgehead atoms. The quantitative estimate of drug-likeness (QED) is 0.383. The highest BCUT2D eigenvalue weighted by molar-refractivity contribution is 7.99. The van der Waals surface area contributed by atoms with Gasteiger partial charge in [0.1, 0.15) is 0 Å². The lowest BCUT2D eigenvalue weighted by Gasteiger charge is -2.42. The van der Waals surface area contributed by atoms with E-state index in [1.54, 1.807) is 21.3 Å². The van der Waals surface area contributed by atoms with E-state index in [4.69, 9.17) is 18.9 Å². The fourth-order valence-corrected chi connectivity index (χ4v) is 6.23. The average molecular weight is 499 g/mol. The summed E-state index contributed by atoms with van der Waals surface area (Å²) < 4.78 is 23.1. The van der Waals surface area contributed by atoms with Gasteiger partial charge in [0.15, 0.2) is 11.5 Å². The van der Waals surface area contributed by atoms with Crippen molar-refractivity contribution in [3.63, 3.8) is 0 Å². The number of hydrogen-bond donors (Lipinski definition) is 0. The molecule has 0 amide bonds. The van der Waals surface area contributed by atoms with Crippen molar-refractivity contribution in [2.24, 2.45) is 0 Å². The molecule has 6 nitrogen and oxygen atoms in total. The number of hydrogen-bond acceptors (Lipinski definition) is 7. The highest BCUT2D eigenvalue weighted by Crippen LogP contribution is 2.47. The molecule has 4 rings (SSSR count). The number of ether oxygens (including phenoxy) is 4. The number of methoxy groups -OCH3 is 3. The average Bonchev–Trinajstić information content (AvgIpc) is 3.42. The first-order chi connectivity index (χ1) is 17.0. The molecule has 2 atom stereocenters. The molecule has 190 valence electrons. The number of fused-ring (bicyclic) bond motifs is 1. The van der Waals surface area contributed by atoms with Gasteiger partial charge in [-0.3, -0.25) is 4.90 Å². The summed E-state index contributed by atoms with van der Waals surface area (Å²) in [5, 5.41) is 0. The Morgan fingerprint density at radius 3 is 2.37 bits per heavy atom. The van der Waals surface area contributed by atoms with Gasteiger partial charge in [0, 0.05) is 17.2 Å². The molecule has 0 spiro atoms. The summed E-state index contributed by atoms with van der Waals surface area (Å²) in [6, 6.07) is 13.4. The van der Waals surface area contributed by atoms with Crippen LogP contribution in [-0.2, 0) is 4.74 Å². The predicted molar refractivity (Wildman–Crippen MR) is 144 cm³/mol. The van der Waals surface area contributed by atoms with Crippen molar-refractivity contribution >= 4 is 17.4 Å². The van der Waals surface area contributed by atoms with E-state index in [9.17, 15) is 0 Å². The van der Waals surface area contributed by atoms with E-state index >= 15 is 0 Å². The van der Waals surface area contributed by atoms with Crippen LogP contribution in [-0.4, -0.2) is 70.9 Å². The molecular weight excluding hydrogens is 460 g/mol. The maximum absolute atomic E-state index is 6.11. The summed E-state index contributed by atoms with van der Waals surface area (Å²) in [6.07, 6.45) is 2.50. The topological polar surface area (TPSA) is 43.4 Å². The summed E-state index contributed by atoms with van der Waals surface area (Å²) in [5.41, 5.74) is 3.48. The second-order valence-corrected chi connectivity index (χ2v) is 10.3. The van der Waals surface area contributed by atoms with Gasteiger partial charge in [-0.2, -0.15) is 0 Å². The fraction of sp³-hybridized carbons (Fsp3) is 0.500. The van der Waals surface area contributed by atoms with Crippen molar-refractivity contribution < 1.29 is 18.9 Å². The molecule has 2 aliphatic heterocycles. The zero-order valence-electron chi connectivity index (χ0n) is 21.4. The van der Waals surface area contributed by atoms with Crippen molar-refractivity contribution in [2.75, 3.05) is 64.8 Å². The van der Waals surface area contributed by atoms with E-state index in [0.717, 1.165) is 36.5 Å². The lowest BCUT2D eigenvalue weighted by Crippen LogP contribution is -2.48. The van der Waals surface area contributed by atoms with Crippen LogP contribution in [0.25, 0.3) is 0 Å². The van der Waals surface area contributed by atoms with Crippen LogP contribution < -0.4 is 19.1 Å². The largest absolute Gasteiger partial charge is 0.493 e. The smallest absolute Gasteiger partial charge is 0.203 e. The zero-order valence-corrected chi connectivity index (χ0v) is 22.2. The SMILES string of the molecule is C=C(C)COCC(CN1c2ccccc2SCC1c1cc(OC)c(OC)c(OC)c1)N1CCCC1. The molecule has 35 heavy (non-hydrogen) atoms. The third-order valence-electron chi connectivity index (χ3n) is 6.74. The molecule has 0 saturated carbocycles. The molecule has 1 saturated heterocycles. The third-order valence-corrected chi connectivity index (χ3v) is 7.88. The van der Waals surface area contributed by atoms with E-state index in [-0.39, 0.29) is 6.04 Å². The first kappa shape index (κ1) is 25.7. The van der Waals surface area contributed by atoms with E-state index in [1.165, 1.54) is 23.4 Å². The number of thioether (sulfide) groups is 1. The number of rotatable bonds is 11. The van der Waals surface area contributed by atoms with Gasteiger partial charge in [0.05, 0.1) is 52.3 Å². The van der Waals surface area contributed by atoms with Gasteiger partial charge in [-0.05, 0) is 62.7 Å². The van der Waals surface area contributed by atoms with Crippen LogP contribution in [0.1, 0.15) is 31.4 Å². The Bertz CT molecular complexity index is 983. The van der Waals surface area contributed by atoms with Crippen molar-refractivity contribution in [3.05, 3.63) is 54.1 Å². The van der Waals surface area contributed by atoms with E-state index in [0.29, 0.717) is 36.5 Å². The molecule has 2 heterocycles. The van der Waals surface area contributed by atoms with Crippen molar-refractivity contribution in [1.29, 1.82) is 0 Å². The predicted octanol–water partition coefficient (Wildman–Crippen LogP) is 5.42. The molecule has 0 aromatic heterocycles. The standard InChI is InChI=1S/C28H38N2O4S/c1-20(2)17-34-18-22(29-12-8-9-13-29)16-30-23-10-6-7-11-27(23)35-19-24(30)21-14-25(31-3)28(33-5)26(15-21)32-4/h6-7,10-11,14-15,22,24H,1,8-9,12-13,16-19H2,2-5H3. The Morgan fingerprint density at radius 1 is 1.06 bits per heavy atom. The lowest BCUT2D eigenvalue weighted by molar-refractivity contribution is 0.0838. The van der Waals surface area contributed by atoms with Crippen molar-refractivity contribution in [1.82, 2.24) is 4.90 Å². The Labute approximate surface area is 214 Å². The van der Waals surface area contributed by atoms with Crippen LogP contribution in [0.3, 0.4) is 0 Å². The summed E-state index contributed by atoms with van der Waals surface area (Å²) in [6.45, 7) is 10.5. The molecule has 7 heteroatoms. The Hall–Kier alpha value is -2.35. The van der Waals surface area contributed by atoms with E-state index in [1.807, 2.05) is 18.7 Å². The molecule has 0 radical (unpaired) electrons. The first-order valence-corrected chi connectivity index (χ1v) is 13.3. The normalized spacial score (nSPS) is 18.7. The second-order valence-electron chi connectivity index (χ2n) is 9.27. The molecule has 2 aliphatic rings. The summed E-state index contributed by atoms with van der Waals surface area (Å²) in [5.74, 6) is 2.94. The van der Waals surface area contributed by atoms with Gasteiger partial charge in [0.2, 0.25) is 5.75 Å². The minimum Gasteiger partial charge on any atom is -0.493 e. The number of benzene rings is 2. The second kappa shape index (κ2) is 12.1. The van der Waals surface area contributed by atoms with Gasteiger partial charge in [0.25, 0.3) is 0 Å². The van der Waals surface area contributed by atoms with Crippen LogP contribution in [0.2, 0.25) is 0 Å². The summed E-state index contributed by atoms with van der Waals surface area (Å²) in [4.78, 5) is 6.47. The van der Waals surface area contributed by atoms with Gasteiger partial charge in [-0.15, -0.1) is 11.8 Å². The maximum Gasteiger partial charge on any atom is 0.203 e. The summed E-state index contributed by atoms with van der Waals surface area (Å²) >= 11 is 1.90. The highest BCUT2D eigenvalue weighted by Gasteiger charge is 2.33. The van der Waals surface area contributed by atoms with Crippen LogP contribution in [0.15, 0.2) is 53.4 Å². The fourth-order valence-electron chi connectivity index (χ4n) is 5.02. The van der Waals surface area contributed by atoms with Crippen LogP contribution in [0.4, 0.5) is 5.69 Å². The Balaban J connectivity index is 1.70. The molecule has 2 aromatic carbocycles. The van der Waals surface area contributed by atoms with Gasteiger partial charge < -0.3 is 23.8 Å². The van der Waals surface area contributed by atoms with Gasteiger partial charge >= 0.3 is 0 Å². The van der Waals surface area contributed by atoms with Crippen LogP contribution >= 0.6 is 11.8 Å². The van der Waals surface area contributed by atoms with Crippen molar-refractivity contribution in [2.45, 2.75) is 36.7 Å². The maximum atomic E-state index is 6.11. The van der Waals surface area contributed by atoms with Gasteiger partial charge in [-0.1, -0.05) is 24.3 Å². The number of nitrogens with zero attached hydrogens (tertiary/aromatic N) is 2. The highest BCUT2D eigenvalue weighted by atomic mass is 32.2. The van der Waals surface area contributed by atoms with Crippen molar-refractivity contribution in [3.8, 4) is 17.2 Å². The number of anilines is 1. The number of likely N-dealkylation sites (tertiary alicyclic amines) is 1. The first-order valence-electron chi connectivity index (χ1n) is 12.3. The van der Waals surface area contributed by atoms with E-state index in [2.05, 4.69) is 52.8 Å². The third kappa shape index (κ3) is 5.90. The zero-order chi connectivity index (χ0) is 24.8. The van der Waals surface area contributed by atoms with Crippen LogP contribution in [0.5, 0.6) is 17.2 Å². The lowest BCUT2D eigenvalue weighted by atomic mass is 10.0. The molecule has 0 aliphatic carbocycles. The summed E-state index contributed by atoms with van der Waals surface area (Å²) in [7, 11) is 4.99. The molecule has 0 N–H and O–H groups in total. The molecule has 2 unspecified atom stereocenters. The minimum absolute atomic E-state index is 0.162. The van der Waals surface area contributed by atoms with Crippen LogP contribution in [0, 0.1) is 0 Å². The minimum atomic E-state index is 0.162. The molecule has 2 aromatic rings.